The average molecular weight is 190 g/mol. The van der Waals surface area contributed by atoms with E-state index in [0.29, 0.717) is 6.42 Å². The summed E-state index contributed by atoms with van der Waals surface area (Å²) in [5.41, 5.74) is 0. The highest BCUT2D eigenvalue weighted by molar-refractivity contribution is 7.98. The minimum atomic E-state index is -0.862. The Morgan fingerprint density at radius 1 is 1.50 bits per heavy atom. The van der Waals surface area contributed by atoms with Gasteiger partial charge in [-0.2, -0.15) is 11.8 Å². The fourth-order valence-electron chi connectivity index (χ4n) is 0.920. The van der Waals surface area contributed by atoms with Gasteiger partial charge in [0.05, 0.1) is 5.92 Å². The van der Waals surface area contributed by atoms with E-state index in [2.05, 4.69) is 0 Å². The molecule has 0 heterocycles. The molecule has 0 saturated heterocycles. The van der Waals surface area contributed by atoms with Gasteiger partial charge in [-0.3, -0.25) is 4.79 Å². The first-order valence-electron chi connectivity index (χ1n) is 3.79. The van der Waals surface area contributed by atoms with Crippen molar-refractivity contribution < 1.29 is 14.7 Å². The summed E-state index contributed by atoms with van der Waals surface area (Å²) in [6.07, 6.45) is 2.67. The van der Waals surface area contributed by atoms with Gasteiger partial charge in [-0.05, 0) is 25.4 Å². The Morgan fingerprint density at radius 3 is 2.42 bits per heavy atom. The monoisotopic (exact) mass is 190 g/mol. The molecule has 70 valence electrons. The third kappa shape index (κ3) is 5.18. The molecule has 12 heavy (non-hydrogen) atoms. The van der Waals surface area contributed by atoms with Crippen molar-refractivity contribution >= 4 is 23.5 Å². The number of thioether (sulfide) groups is 1. The summed E-state index contributed by atoms with van der Waals surface area (Å²) in [5, 5.41) is 8.69. The minimum Gasteiger partial charge on any atom is -0.481 e. The van der Waals surface area contributed by atoms with Crippen LogP contribution in [0.5, 0.6) is 0 Å². The zero-order valence-electron chi connectivity index (χ0n) is 7.37. The number of hydrogen-bond acceptors (Lipinski definition) is 3. The van der Waals surface area contributed by atoms with Crippen molar-refractivity contribution in [1.29, 1.82) is 0 Å². The maximum absolute atomic E-state index is 10.7. The molecule has 0 rings (SSSR count). The van der Waals surface area contributed by atoms with Crippen LogP contribution in [0.2, 0.25) is 0 Å². The first kappa shape index (κ1) is 11.5. The first-order valence-corrected chi connectivity index (χ1v) is 5.18. The molecule has 0 aliphatic rings. The number of carboxylic acid groups (broad SMARTS) is 1. The second-order valence-corrected chi connectivity index (χ2v) is 3.71. The Bertz CT molecular complexity index is 168. The van der Waals surface area contributed by atoms with Crippen LogP contribution in [0.4, 0.5) is 0 Å². The predicted molar refractivity (Wildman–Crippen MR) is 49.4 cm³/mol. The molecule has 0 aromatic heterocycles. The Hall–Kier alpha value is -0.510. The maximum atomic E-state index is 10.7. The molecule has 1 N–H and O–H groups in total. The van der Waals surface area contributed by atoms with Crippen molar-refractivity contribution in [3.8, 4) is 0 Å². The molecule has 1 atom stereocenters. The quantitative estimate of drug-likeness (QED) is 0.688. The van der Waals surface area contributed by atoms with Crippen LogP contribution in [-0.2, 0) is 9.59 Å². The van der Waals surface area contributed by atoms with E-state index >= 15 is 0 Å². The molecular weight excluding hydrogens is 176 g/mol. The van der Waals surface area contributed by atoms with E-state index in [0.717, 1.165) is 5.75 Å². The average Bonchev–Trinajstić information content (AvgIpc) is 1.96. The molecule has 4 heteroatoms. The molecule has 0 amide bonds. The van der Waals surface area contributed by atoms with E-state index in [-0.39, 0.29) is 12.2 Å². The van der Waals surface area contributed by atoms with Crippen molar-refractivity contribution in [3.63, 3.8) is 0 Å². The molecule has 0 radical (unpaired) electrons. The van der Waals surface area contributed by atoms with Gasteiger partial charge in [0.2, 0.25) is 0 Å². The number of carboxylic acids is 1. The van der Waals surface area contributed by atoms with Crippen LogP contribution in [0.1, 0.15) is 19.8 Å². The van der Waals surface area contributed by atoms with E-state index in [1.54, 1.807) is 11.8 Å². The lowest BCUT2D eigenvalue weighted by Crippen LogP contribution is -2.17. The minimum absolute atomic E-state index is 0.0523. The van der Waals surface area contributed by atoms with Gasteiger partial charge in [-0.1, -0.05) is 0 Å². The van der Waals surface area contributed by atoms with Gasteiger partial charge >= 0.3 is 5.97 Å². The van der Waals surface area contributed by atoms with Gasteiger partial charge < -0.3 is 9.90 Å². The van der Waals surface area contributed by atoms with Gasteiger partial charge in [0, 0.05) is 6.42 Å². The summed E-state index contributed by atoms with van der Waals surface area (Å²) in [5.74, 6) is -0.609. The summed E-state index contributed by atoms with van der Waals surface area (Å²) < 4.78 is 0. The van der Waals surface area contributed by atoms with Gasteiger partial charge in [0.15, 0.2) is 0 Å². The molecule has 0 spiro atoms. The predicted octanol–water partition coefficient (Wildman–Crippen LogP) is 1.42. The Labute approximate surface area is 76.5 Å². The van der Waals surface area contributed by atoms with Crippen LogP contribution in [0.25, 0.3) is 0 Å². The third-order valence-electron chi connectivity index (χ3n) is 1.55. The van der Waals surface area contributed by atoms with Crippen molar-refractivity contribution in [2.24, 2.45) is 5.92 Å². The fraction of sp³-hybridized carbons (Fsp3) is 0.750. The van der Waals surface area contributed by atoms with Crippen LogP contribution in [-0.4, -0.2) is 28.9 Å². The van der Waals surface area contributed by atoms with Crippen LogP contribution >= 0.6 is 11.8 Å². The van der Waals surface area contributed by atoms with Crippen LogP contribution < -0.4 is 0 Å². The van der Waals surface area contributed by atoms with Crippen LogP contribution in [0.3, 0.4) is 0 Å². The fourth-order valence-corrected chi connectivity index (χ4v) is 1.44. The van der Waals surface area contributed by atoms with Crippen molar-refractivity contribution in [3.05, 3.63) is 0 Å². The molecule has 0 fully saturated rings. The van der Waals surface area contributed by atoms with Crippen molar-refractivity contribution in [2.45, 2.75) is 19.8 Å². The zero-order chi connectivity index (χ0) is 9.56. The second-order valence-electron chi connectivity index (χ2n) is 2.72. The Morgan fingerprint density at radius 2 is 2.08 bits per heavy atom. The SMILES string of the molecule is CSCCC(CC(C)=O)C(=O)O. The summed E-state index contributed by atoms with van der Waals surface area (Å²) >= 11 is 1.60. The standard InChI is InChI=1S/C8H14O3S/c1-6(9)5-7(8(10)11)3-4-12-2/h7H,3-5H2,1-2H3,(H,10,11). The Kier molecular flexibility index (Phi) is 5.80. The second kappa shape index (κ2) is 6.06. The van der Waals surface area contributed by atoms with E-state index in [1.165, 1.54) is 6.92 Å². The molecule has 0 bridgehead atoms. The summed E-state index contributed by atoms with van der Waals surface area (Å²) in [6, 6.07) is 0. The normalized spacial score (nSPS) is 12.5. The number of ketones is 1. The highest BCUT2D eigenvalue weighted by Crippen LogP contribution is 2.12. The number of carbonyl (C=O) groups excluding carboxylic acids is 1. The van der Waals surface area contributed by atoms with Gasteiger partial charge in [-0.25, -0.2) is 0 Å². The number of hydrogen-bond donors (Lipinski definition) is 1. The largest absolute Gasteiger partial charge is 0.481 e. The zero-order valence-corrected chi connectivity index (χ0v) is 8.19. The lowest BCUT2D eigenvalue weighted by molar-refractivity contribution is -0.143. The van der Waals surface area contributed by atoms with E-state index < -0.39 is 11.9 Å². The molecule has 0 aliphatic heterocycles. The maximum Gasteiger partial charge on any atom is 0.306 e. The molecular formula is C8H14O3S. The number of aliphatic carboxylic acids is 1. The van der Waals surface area contributed by atoms with Gasteiger partial charge in [0.25, 0.3) is 0 Å². The van der Waals surface area contributed by atoms with Crippen molar-refractivity contribution in [2.75, 3.05) is 12.0 Å². The number of carbonyl (C=O) groups is 2. The topological polar surface area (TPSA) is 54.4 Å². The lowest BCUT2D eigenvalue weighted by atomic mass is 10.0. The van der Waals surface area contributed by atoms with E-state index in [9.17, 15) is 9.59 Å². The molecule has 0 aromatic carbocycles. The summed E-state index contributed by atoms with van der Waals surface area (Å²) in [6.45, 7) is 1.43. The molecule has 3 nitrogen and oxygen atoms in total. The highest BCUT2D eigenvalue weighted by Gasteiger charge is 2.18. The molecule has 0 saturated carbocycles. The van der Waals surface area contributed by atoms with E-state index in [4.69, 9.17) is 5.11 Å². The first-order chi connectivity index (χ1) is 5.57. The summed E-state index contributed by atoms with van der Waals surface area (Å²) in [4.78, 5) is 21.2. The summed E-state index contributed by atoms with van der Waals surface area (Å²) in [7, 11) is 0. The van der Waals surface area contributed by atoms with Crippen molar-refractivity contribution in [1.82, 2.24) is 0 Å². The van der Waals surface area contributed by atoms with Gasteiger partial charge in [-0.15, -0.1) is 0 Å². The Balaban J connectivity index is 3.87. The molecule has 0 aromatic rings. The van der Waals surface area contributed by atoms with Crippen LogP contribution in [0, 0.1) is 5.92 Å². The number of rotatable bonds is 6. The van der Waals surface area contributed by atoms with E-state index in [1.807, 2.05) is 6.26 Å². The van der Waals surface area contributed by atoms with Crippen LogP contribution in [0.15, 0.2) is 0 Å². The van der Waals surface area contributed by atoms with Gasteiger partial charge in [0.1, 0.15) is 5.78 Å². The molecule has 1 unspecified atom stereocenters. The third-order valence-corrected chi connectivity index (χ3v) is 2.20. The highest BCUT2D eigenvalue weighted by atomic mass is 32.2. The lowest BCUT2D eigenvalue weighted by Gasteiger charge is -2.08. The smallest absolute Gasteiger partial charge is 0.306 e. The number of Topliss-reactive ketones (excluding diaryl/α,β-unsaturated/α-hetero) is 1. The molecule has 0 aliphatic carbocycles.